The molecule has 3 aromatic rings. The lowest BCUT2D eigenvalue weighted by Gasteiger charge is -2.26. The molecule has 3 rings (SSSR count). The van der Waals surface area contributed by atoms with Gasteiger partial charge in [-0.25, -0.2) is 4.79 Å². The predicted molar refractivity (Wildman–Crippen MR) is 183 cm³/mol. The molecule has 15 heteroatoms. The molecule has 262 valence electrons. The highest BCUT2D eigenvalue weighted by Gasteiger charge is 2.31. The third kappa shape index (κ3) is 12.7. The van der Waals surface area contributed by atoms with Crippen LogP contribution in [0, 0.1) is 0 Å². The number of thioether (sulfide) groups is 1. The van der Waals surface area contributed by atoms with Crippen LogP contribution < -0.4 is 27.0 Å². The highest BCUT2D eigenvalue weighted by molar-refractivity contribution is 7.98. The molecule has 0 heterocycles. The largest absolute Gasteiger partial charge is 0.508 e. The zero-order chi connectivity index (χ0) is 35.9. The number of hydrogen-bond donors (Lipinski definition) is 9. The van der Waals surface area contributed by atoms with Gasteiger partial charge >= 0.3 is 5.97 Å². The highest BCUT2D eigenvalue weighted by atomic mass is 32.2. The second-order valence-electron chi connectivity index (χ2n) is 11.2. The van der Waals surface area contributed by atoms with Crippen LogP contribution in [0.3, 0.4) is 0 Å². The van der Waals surface area contributed by atoms with E-state index in [0.717, 1.165) is 0 Å². The molecule has 0 spiro atoms. The number of phenolic OH excluding ortho intramolecular Hbond substituents is 3. The smallest absolute Gasteiger partial charge is 0.326 e. The zero-order valence-corrected chi connectivity index (χ0v) is 27.6. The molecule has 0 aliphatic heterocycles. The average molecular weight is 696 g/mol. The SMILES string of the molecule is CSCC[C@H](NC(=O)[C@H](Cc1ccc(O)cc1)NC(=O)[C@H](Cc1ccc(O)cc1)NC(=O)CN)C(=O)N[C@@H](Cc1ccc(O)cc1)C(=O)O. The van der Waals surface area contributed by atoms with Crippen molar-refractivity contribution in [3.8, 4) is 17.2 Å². The molecule has 0 aliphatic carbocycles. The van der Waals surface area contributed by atoms with Gasteiger partial charge < -0.3 is 47.4 Å². The van der Waals surface area contributed by atoms with Gasteiger partial charge in [-0.15, -0.1) is 0 Å². The van der Waals surface area contributed by atoms with Gasteiger partial charge in [0, 0.05) is 19.3 Å². The van der Waals surface area contributed by atoms with Crippen molar-refractivity contribution >= 4 is 41.4 Å². The monoisotopic (exact) mass is 695 g/mol. The summed E-state index contributed by atoms with van der Waals surface area (Å²) >= 11 is 1.41. The second-order valence-corrected chi connectivity index (χ2v) is 12.2. The maximum Gasteiger partial charge on any atom is 0.326 e. The normalized spacial score (nSPS) is 13.3. The number of phenols is 3. The molecule has 4 atom stereocenters. The first-order chi connectivity index (χ1) is 23.4. The van der Waals surface area contributed by atoms with Gasteiger partial charge in [0.1, 0.15) is 41.4 Å². The van der Waals surface area contributed by atoms with Gasteiger partial charge in [-0.1, -0.05) is 36.4 Å². The molecule has 4 amide bonds. The molecule has 0 radical (unpaired) electrons. The second kappa shape index (κ2) is 18.9. The summed E-state index contributed by atoms with van der Waals surface area (Å²) in [5.41, 5.74) is 7.19. The summed E-state index contributed by atoms with van der Waals surface area (Å²) in [7, 11) is 0. The number of hydrogen-bond acceptors (Lipinski definition) is 10. The Hall–Kier alpha value is -5.28. The molecule has 3 aromatic carbocycles. The van der Waals surface area contributed by atoms with Gasteiger partial charge in [-0.05, 0) is 71.5 Å². The van der Waals surface area contributed by atoms with E-state index in [1.54, 1.807) is 30.5 Å². The number of amides is 4. The Morgan fingerprint density at radius 1 is 0.592 bits per heavy atom. The Kier molecular flexibility index (Phi) is 14.7. The van der Waals surface area contributed by atoms with Gasteiger partial charge in [-0.2, -0.15) is 11.8 Å². The fourth-order valence-electron chi connectivity index (χ4n) is 4.80. The van der Waals surface area contributed by atoms with Gasteiger partial charge in [0.2, 0.25) is 23.6 Å². The van der Waals surface area contributed by atoms with Crippen LogP contribution in [0.15, 0.2) is 72.8 Å². The number of carboxylic acid groups (broad SMARTS) is 1. The lowest BCUT2D eigenvalue weighted by atomic mass is 10.0. The minimum absolute atomic E-state index is 0.00175. The first-order valence-electron chi connectivity index (χ1n) is 15.3. The Balaban J connectivity index is 1.85. The average Bonchev–Trinajstić information content (AvgIpc) is 3.08. The molecule has 0 aliphatic rings. The molecule has 0 saturated carbocycles. The van der Waals surface area contributed by atoms with E-state index in [2.05, 4.69) is 21.3 Å². The van der Waals surface area contributed by atoms with Crippen molar-refractivity contribution < 1.29 is 44.4 Å². The minimum atomic E-state index is -1.34. The van der Waals surface area contributed by atoms with Crippen LogP contribution in [-0.4, -0.2) is 92.7 Å². The van der Waals surface area contributed by atoms with Crippen LogP contribution in [0.25, 0.3) is 0 Å². The van der Waals surface area contributed by atoms with Crippen molar-refractivity contribution in [3.63, 3.8) is 0 Å². The van der Waals surface area contributed by atoms with Gasteiger partial charge in [-0.3, -0.25) is 19.2 Å². The first-order valence-corrected chi connectivity index (χ1v) is 16.7. The molecule has 10 N–H and O–H groups in total. The van der Waals surface area contributed by atoms with Crippen LogP contribution in [-0.2, 0) is 43.2 Å². The maximum atomic E-state index is 13.8. The molecular weight excluding hydrogens is 654 g/mol. The van der Waals surface area contributed by atoms with Gasteiger partial charge in [0.05, 0.1) is 6.54 Å². The van der Waals surface area contributed by atoms with Crippen LogP contribution in [0.2, 0.25) is 0 Å². The number of benzene rings is 3. The van der Waals surface area contributed by atoms with Crippen molar-refractivity contribution in [1.29, 1.82) is 0 Å². The topological polar surface area (TPSA) is 240 Å². The molecule has 0 aromatic heterocycles. The Bertz CT molecular complexity index is 1570. The summed E-state index contributed by atoms with van der Waals surface area (Å²) in [4.78, 5) is 65.2. The predicted octanol–water partition coefficient (Wildman–Crippen LogP) is 0.567. The Morgan fingerprint density at radius 2 is 0.939 bits per heavy atom. The van der Waals surface area contributed by atoms with Gasteiger partial charge in [0.25, 0.3) is 0 Å². The Labute approximate surface area is 287 Å². The lowest BCUT2D eigenvalue weighted by molar-refractivity contribution is -0.142. The number of carbonyl (C=O) groups is 5. The number of aliphatic carboxylic acids is 1. The lowest BCUT2D eigenvalue weighted by Crippen LogP contribution is -2.59. The first kappa shape index (κ1) is 38.2. The maximum absolute atomic E-state index is 13.8. The van der Waals surface area contributed by atoms with Crippen LogP contribution in [0.1, 0.15) is 23.1 Å². The van der Waals surface area contributed by atoms with Crippen LogP contribution in [0.4, 0.5) is 0 Å². The standard InChI is InChI=1S/C34H41N5O9S/c1-49-15-14-26(31(44)39-29(34(47)48)18-22-6-12-25(42)13-7-22)37-33(46)28(17-21-4-10-24(41)11-5-21)38-32(45)27(36-30(43)19-35)16-20-2-8-23(40)9-3-20/h2-13,26-29,40-42H,14-19,35H2,1H3,(H,36,43)(H,37,46)(H,38,45)(H,39,44)(H,47,48)/t26-,27-,28-,29-/m0/s1. The van der Waals surface area contributed by atoms with Crippen molar-refractivity contribution in [2.45, 2.75) is 49.9 Å². The molecule has 0 bridgehead atoms. The molecule has 49 heavy (non-hydrogen) atoms. The van der Waals surface area contributed by atoms with E-state index in [-0.39, 0.29) is 42.9 Å². The van der Waals surface area contributed by atoms with Crippen molar-refractivity contribution in [3.05, 3.63) is 89.5 Å². The fraction of sp³-hybridized carbons (Fsp3) is 0.324. The number of nitrogens with one attached hydrogen (secondary N) is 4. The summed E-state index contributed by atoms with van der Waals surface area (Å²) in [6.45, 7) is -0.396. The van der Waals surface area contributed by atoms with Crippen molar-refractivity contribution in [1.82, 2.24) is 21.3 Å². The van der Waals surface area contributed by atoms with E-state index in [4.69, 9.17) is 5.73 Å². The molecule has 0 saturated heterocycles. The minimum Gasteiger partial charge on any atom is -0.508 e. The zero-order valence-electron chi connectivity index (χ0n) is 26.8. The third-order valence-electron chi connectivity index (χ3n) is 7.46. The van der Waals surface area contributed by atoms with E-state index in [1.807, 2.05) is 0 Å². The highest BCUT2D eigenvalue weighted by Crippen LogP contribution is 2.15. The summed E-state index contributed by atoms with van der Waals surface area (Å²) in [5.74, 6) is -3.70. The van der Waals surface area contributed by atoms with E-state index in [9.17, 15) is 44.4 Å². The molecule has 0 fully saturated rings. The molecule has 0 unspecified atom stereocenters. The Morgan fingerprint density at radius 3 is 1.33 bits per heavy atom. The van der Waals surface area contributed by atoms with Crippen LogP contribution in [0.5, 0.6) is 17.2 Å². The molecular formula is C34H41N5O9S. The number of carboxylic acids is 1. The number of nitrogens with two attached hydrogens (primary N) is 1. The number of aromatic hydroxyl groups is 3. The third-order valence-corrected chi connectivity index (χ3v) is 8.10. The number of carbonyl (C=O) groups excluding carboxylic acids is 4. The fourth-order valence-corrected chi connectivity index (χ4v) is 5.27. The van der Waals surface area contributed by atoms with Gasteiger partial charge in [0.15, 0.2) is 0 Å². The van der Waals surface area contributed by atoms with Crippen molar-refractivity contribution in [2.75, 3.05) is 18.6 Å². The molecule has 14 nitrogen and oxygen atoms in total. The summed E-state index contributed by atoms with van der Waals surface area (Å²) in [5, 5.41) is 49.1. The van der Waals surface area contributed by atoms with E-state index in [1.165, 1.54) is 60.3 Å². The summed E-state index contributed by atoms with van der Waals surface area (Å²) in [6.07, 6.45) is 1.80. The van der Waals surface area contributed by atoms with Crippen molar-refractivity contribution in [2.24, 2.45) is 5.73 Å². The number of rotatable bonds is 18. The quantitative estimate of drug-likeness (QED) is 0.0891. The van der Waals surface area contributed by atoms with E-state index >= 15 is 0 Å². The van der Waals surface area contributed by atoms with E-state index < -0.39 is 60.3 Å². The van der Waals surface area contributed by atoms with E-state index in [0.29, 0.717) is 22.4 Å². The summed E-state index contributed by atoms with van der Waals surface area (Å²) in [6, 6.07) is 12.9. The van der Waals surface area contributed by atoms with Crippen LogP contribution >= 0.6 is 11.8 Å². The summed E-state index contributed by atoms with van der Waals surface area (Å²) < 4.78 is 0.